The maximum atomic E-state index is 13.3. The molecule has 0 bridgehead atoms. The molecular weight excluding hydrogens is 249 g/mol. The zero-order valence-corrected chi connectivity index (χ0v) is 11.4. The van der Waals surface area contributed by atoms with Gasteiger partial charge >= 0.3 is 0 Å². The smallest absolute Gasteiger partial charge is 0.125 e. The molecule has 2 unspecified atom stereocenters. The van der Waals surface area contributed by atoms with E-state index in [2.05, 4.69) is 18.7 Å². The van der Waals surface area contributed by atoms with E-state index in [1.165, 1.54) is 12.1 Å². The van der Waals surface area contributed by atoms with Crippen LogP contribution in [0.3, 0.4) is 0 Å². The molecule has 0 amide bonds. The second kappa shape index (κ2) is 5.18. The Morgan fingerprint density at radius 3 is 2.56 bits per heavy atom. The van der Waals surface area contributed by atoms with E-state index in [1.54, 1.807) is 6.07 Å². The third-order valence-electron chi connectivity index (χ3n) is 3.01. The van der Waals surface area contributed by atoms with Gasteiger partial charge in [0.25, 0.3) is 0 Å². The molecule has 1 aromatic rings. The lowest BCUT2D eigenvalue weighted by Gasteiger charge is -2.37. The summed E-state index contributed by atoms with van der Waals surface area (Å²) in [5, 5.41) is 8.62. The summed E-state index contributed by atoms with van der Waals surface area (Å²) in [5.74, 6) is -0.431. The fourth-order valence-electron chi connectivity index (χ4n) is 2.37. The van der Waals surface area contributed by atoms with Crippen LogP contribution in [0.5, 0.6) is 0 Å². The van der Waals surface area contributed by atoms with Crippen LogP contribution in [-0.4, -0.2) is 29.4 Å². The highest BCUT2D eigenvalue weighted by Gasteiger charge is 2.24. The number of nitrogens with one attached hydrogen (secondary N) is 1. The van der Waals surface area contributed by atoms with Crippen molar-refractivity contribution in [3.8, 4) is 0 Å². The number of nitrogens with two attached hydrogens (primary N) is 1. The molecule has 0 aromatic heterocycles. The number of benzene rings is 1. The van der Waals surface area contributed by atoms with E-state index in [-0.39, 0.29) is 11.7 Å². The van der Waals surface area contributed by atoms with Crippen molar-refractivity contribution in [2.24, 2.45) is 5.73 Å². The fraction of sp³-hybridized carbons (Fsp3) is 0.462. The number of halogens is 1. The number of rotatable bonds is 2. The molecule has 5 heteroatoms. The van der Waals surface area contributed by atoms with Crippen molar-refractivity contribution < 1.29 is 4.39 Å². The molecule has 1 saturated heterocycles. The Bertz CT molecular complexity index is 454. The van der Waals surface area contributed by atoms with Gasteiger partial charge in [0.2, 0.25) is 0 Å². The number of nitrogens with zero attached hydrogens (tertiary/aromatic N) is 1. The van der Waals surface area contributed by atoms with Gasteiger partial charge in [0.05, 0.1) is 0 Å². The van der Waals surface area contributed by atoms with E-state index < -0.39 is 0 Å². The van der Waals surface area contributed by atoms with Crippen molar-refractivity contribution in [2.45, 2.75) is 24.3 Å². The third-order valence-corrected chi connectivity index (χ3v) is 4.24. The molecule has 98 valence electrons. The molecular formula is C13H18FN3S. The largest absolute Gasteiger partial charge is 0.384 e. The van der Waals surface area contributed by atoms with Gasteiger partial charge in [-0.05, 0) is 18.2 Å². The van der Waals surface area contributed by atoms with Crippen molar-refractivity contribution in [3.63, 3.8) is 0 Å². The Morgan fingerprint density at radius 1 is 1.39 bits per heavy atom. The second-order valence-electron chi connectivity index (χ2n) is 4.74. The molecule has 0 radical (unpaired) electrons. The summed E-state index contributed by atoms with van der Waals surface area (Å²) in [6.07, 6.45) is 0. The molecule has 2 atom stereocenters. The van der Waals surface area contributed by atoms with Crippen molar-refractivity contribution in [1.82, 2.24) is 0 Å². The van der Waals surface area contributed by atoms with E-state index in [0.29, 0.717) is 16.1 Å². The van der Waals surface area contributed by atoms with Crippen LogP contribution < -0.4 is 10.6 Å². The van der Waals surface area contributed by atoms with Crippen LogP contribution in [0.25, 0.3) is 0 Å². The maximum Gasteiger partial charge on any atom is 0.125 e. The van der Waals surface area contributed by atoms with Crippen LogP contribution >= 0.6 is 11.8 Å². The molecule has 1 aliphatic heterocycles. The van der Waals surface area contributed by atoms with Gasteiger partial charge in [0.15, 0.2) is 0 Å². The minimum absolute atomic E-state index is 0.0805. The highest BCUT2D eigenvalue weighted by atomic mass is 32.2. The van der Waals surface area contributed by atoms with Crippen molar-refractivity contribution >= 4 is 23.3 Å². The zero-order valence-electron chi connectivity index (χ0n) is 10.6. The maximum absolute atomic E-state index is 13.3. The van der Waals surface area contributed by atoms with Crippen LogP contribution in [0.2, 0.25) is 0 Å². The first-order valence-electron chi connectivity index (χ1n) is 6.01. The van der Waals surface area contributed by atoms with Gasteiger partial charge in [-0.3, -0.25) is 5.41 Å². The first-order valence-corrected chi connectivity index (χ1v) is 6.96. The lowest BCUT2D eigenvalue weighted by atomic mass is 10.1. The van der Waals surface area contributed by atoms with Crippen LogP contribution in [0, 0.1) is 11.2 Å². The van der Waals surface area contributed by atoms with E-state index in [1.807, 2.05) is 11.8 Å². The lowest BCUT2D eigenvalue weighted by Crippen LogP contribution is -2.41. The number of thioether (sulfide) groups is 1. The molecule has 2 rings (SSSR count). The summed E-state index contributed by atoms with van der Waals surface area (Å²) in [7, 11) is 0. The molecule has 1 fully saturated rings. The summed E-state index contributed by atoms with van der Waals surface area (Å²) in [5.41, 5.74) is 6.90. The number of hydrogen-bond donors (Lipinski definition) is 2. The van der Waals surface area contributed by atoms with E-state index >= 15 is 0 Å². The molecule has 1 aliphatic rings. The average Bonchev–Trinajstić information content (AvgIpc) is 2.27. The number of nitrogen functional groups attached to an aromatic ring is 1. The quantitative estimate of drug-likeness (QED) is 0.639. The number of anilines is 1. The molecule has 3 N–H and O–H groups in total. The molecule has 0 aliphatic carbocycles. The summed E-state index contributed by atoms with van der Waals surface area (Å²) in [6, 6.07) is 4.50. The molecule has 0 spiro atoms. The highest BCUT2D eigenvalue weighted by molar-refractivity contribution is 8.00. The molecule has 0 saturated carbocycles. The van der Waals surface area contributed by atoms with Crippen LogP contribution in [0.1, 0.15) is 19.4 Å². The minimum Gasteiger partial charge on any atom is -0.384 e. The Labute approximate surface area is 111 Å². The highest BCUT2D eigenvalue weighted by Crippen LogP contribution is 2.30. The minimum atomic E-state index is -0.351. The molecule has 3 nitrogen and oxygen atoms in total. The van der Waals surface area contributed by atoms with Crippen LogP contribution in [-0.2, 0) is 0 Å². The first-order chi connectivity index (χ1) is 8.47. The van der Waals surface area contributed by atoms with Gasteiger partial charge in [-0.2, -0.15) is 11.8 Å². The van der Waals surface area contributed by atoms with E-state index in [0.717, 1.165) is 18.8 Å². The Kier molecular flexibility index (Phi) is 3.80. The van der Waals surface area contributed by atoms with Gasteiger partial charge in [-0.15, -0.1) is 0 Å². The zero-order chi connectivity index (χ0) is 13.3. The second-order valence-corrected chi connectivity index (χ2v) is 6.62. The third kappa shape index (κ3) is 2.77. The SMILES string of the molecule is CC1CN(c2ccc(F)cc2C(=N)N)CC(C)S1. The van der Waals surface area contributed by atoms with Gasteiger partial charge in [0, 0.05) is 34.8 Å². The van der Waals surface area contributed by atoms with Gasteiger partial charge in [0.1, 0.15) is 11.7 Å². The normalized spacial score (nSPS) is 24.1. The van der Waals surface area contributed by atoms with Crippen molar-refractivity contribution in [2.75, 3.05) is 18.0 Å². The lowest BCUT2D eigenvalue weighted by molar-refractivity contribution is 0.626. The van der Waals surface area contributed by atoms with E-state index in [4.69, 9.17) is 11.1 Å². The van der Waals surface area contributed by atoms with Gasteiger partial charge in [-0.1, -0.05) is 13.8 Å². The van der Waals surface area contributed by atoms with Crippen molar-refractivity contribution in [3.05, 3.63) is 29.6 Å². The van der Waals surface area contributed by atoms with Gasteiger partial charge in [-0.25, -0.2) is 4.39 Å². The summed E-state index contributed by atoms with van der Waals surface area (Å²) in [4.78, 5) is 2.20. The standard InChI is InChI=1S/C13H18FN3S/c1-8-6-17(7-9(2)18-8)12-4-3-10(14)5-11(12)13(15)16/h3-5,8-9H,6-7H2,1-2H3,(H3,15,16). The topological polar surface area (TPSA) is 53.1 Å². The monoisotopic (exact) mass is 267 g/mol. The summed E-state index contributed by atoms with van der Waals surface area (Å²) < 4.78 is 13.3. The Balaban J connectivity index is 2.35. The number of amidine groups is 1. The van der Waals surface area contributed by atoms with Crippen molar-refractivity contribution in [1.29, 1.82) is 5.41 Å². The average molecular weight is 267 g/mol. The number of hydrogen-bond acceptors (Lipinski definition) is 3. The first kappa shape index (κ1) is 13.2. The predicted octanol–water partition coefficient (Wildman–Crippen LogP) is 2.44. The molecule has 18 heavy (non-hydrogen) atoms. The Hall–Kier alpha value is -1.23. The summed E-state index contributed by atoms with van der Waals surface area (Å²) >= 11 is 1.96. The predicted molar refractivity (Wildman–Crippen MR) is 76.1 cm³/mol. The van der Waals surface area contributed by atoms with Gasteiger partial charge < -0.3 is 10.6 Å². The molecule has 1 heterocycles. The van der Waals surface area contributed by atoms with Crippen LogP contribution in [0.4, 0.5) is 10.1 Å². The van der Waals surface area contributed by atoms with E-state index in [9.17, 15) is 4.39 Å². The van der Waals surface area contributed by atoms with Crippen LogP contribution in [0.15, 0.2) is 18.2 Å². The fourth-order valence-corrected chi connectivity index (χ4v) is 3.70. The Morgan fingerprint density at radius 2 is 2.00 bits per heavy atom. The summed E-state index contributed by atoms with van der Waals surface area (Å²) in [6.45, 7) is 6.18. The molecule has 1 aromatic carbocycles.